The molecule has 3 N–H and O–H groups in total. The molecule has 0 aromatic rings. The molecule has 0 aliphatic heterocycles. The van der Waals surface area contributed by atoms with Crippen LogP contribution < -0.4 is 5.32 Å². The average molecular weight is 828 g/mol. The highest BCUT2D eigenvalue weighted by Gasteiger charge is 2.23. The number of allylic oxidation sites excluding steroid dienone is 4. The zero-order valence-corrected chi connectivity index (χ0v) is 37.9. The van der Waals surface area contributed by atoms with E-state index in [9.17, 15) is 24.2 Å². The molecule has 0 radical (unpaired) electrons. The largest absolute Gasteiger partial charge is 0.472 e. The lowest BCUT2D eigenvalue weighted by molar-refractivity contribution is -0.147. The summed E-state index contributed by atoms with van der Waals surface area (Å²) in [4.78, 5) is 34.0. The topological polar surface area (TPSA) is 131 Å². The number of nitrogens with one attached hydrogen (secondary N) is 1. The van der Waals surface area contributed by atoms with E-state index in [4.69, 9.17) is 13.8 Å². The van der Waals surface area contributed by atoms with Gasteiger partial charge in [0.05, 0.1) is 13.2 Å². The van der Waals surface area contributed by atoms with Crippen LogP contribution in [0.3, 0.4) is 0 Å². The number of rotatable bonds is 45. The molecular formula is C47H90NO8P. The Morgan fingerprint density at radius 2 is 0.947 bits per heavy atom. The third kappa shape index (κ3) is 45.4. The molecule has 10 heteroatoms. The second kappa shape index (κ2) is 44.1. The van der Waals surface area contributed by atoms with Crippen molar-refractivity contribution in [1.82, 2.24) is 5.32 Å². The van der Waals surface area contributed by atoms with Crippen LogP contribution in [0.5, 0.6) is 0 Å². The number of aliphatic hydroxyl groups is 1. The number of amides is 1. The van der Waals surface area contributed by atoms with E-state index in [1.165, 1.54) is 161 Å². The van der Waals surface area contributed by atoms with Gasteiger partial charge < -0.3 is 20.1 Å². The standard InChI is InChI=1S/C47H90NO8P/c1-3-5-7-9-11-13-15-17-18-19-20-21-22-23-24-25-26-28-29-31-33-35-37-39-46(50)48-41-42-55-57(52,53)56-44-45(49)43-54-47(51)40-38-36-34-32-30-27-16-14-12-10-8-6-4-2/h11,13,17-18,45,49H,3-10,12,14-16,19-44H2,1-2H3,(H,48,50)(H,52,53)/b13-11-,18-17-. The fourth-order valence-corrected chi connectivity index (χ4v) is 7.52. The van der Waals surface area contributed by atoms with E-state index in [2.05, 4.69) is 43.5 Å². The number of ether oxygens (including phenoxy) is 1. The second-order valence-electron chi connectivity index (χ2n) is 16.1. The van der Waals surface area contributed by atoms with Crippen LogP contribution in [0.25, 0.3) is 0 Å². The molecule has 0 aromatic heterocycles. The number of esters is 1. The van der Waals surface area contributed by atoms with E-state index in [0.717, 1.165) is 44.9 Å². The fourth-order valence-electron chi connectivity index (χ4n) is 6.77. The van der Waals surface area contributed by atoms with Gasteiger partial charge in [-0.05, 0) is 44.9 Å². The smallest absolute Gasteiger partial charge is 0.463 e. The van der Waals surface area contributed by atoms with Crippen molar-refractivity contribution in [1.29, 1.82) is 0 Å². The number of phosphoric acid groups is 1. The maximum Gasteiger partial charge on any atom is 0.472 e. The number of aliphatic hydroxyl groups excluding tert-OH is 1. The molecule has 0 spiro atoms. The number of hydrogen-bond acceptors (Lipinski definition) is 7. The average Bonchev–Trinajstić information content (AvgIpc) is 3.20. The summed E-state index contributed by atoms with van der Waals surface area (Å²) >= 11 is 0. The minimum absolute atomic E-state index is 0.0841. The van der Waals surface area contributed by atoms with Crippen molar-refractivity contribution in [3.8, 4) is 0 Å². The summed E-state index contributed by atoms with van der Waals surface area (Å²) in [6, 6.07) is 0. The van der Waals surface area contributed by atoms with Gasteiger partial charge in [0.2, 0.25) is 5.91 Å². The summed E-state index contributed by atoms with van der Waals surface area (Å²) < 4.78 is 26.9. The lowest BCUT2D eigenvalue weighted by atomic mass is 10.0. The van der Waals surface area contributed by atoms with Crippen molar-refractivity contribution in [3.63, 3.8) is 0 Å². The summed E-state index contributed by atoms with van der Waals surface area (Å²) in [5, 5.41) is 12.7. The van der Waals surface area contributed by atoms with Crippen LogP contribution in [-0.4, -0.2) is 54.3 Å². The van der Waals surface area contributed by atoms with E-state index < -0.39 is 26.5 Å². The van der Waals surface area contributed by atoms with Crippen molar-refractivity contribution < 1.29 is 37.9 Å². The monoisotopic (exact) mass is 828 g/mol. The van der Waals surface area contributed by atoms with Gasteiger partial charge in [-0.3, -0.25) is 18.6 Å². The van der Waals surface area contributed by atoms with Gasteiger partial charge in [-0.1, -0.05) is 199 Å². The van der Waals surface area contributed by atoms with E-state index in [1.807, 2.05) is 0 Å². The van der Waals surface area contributed by atoms with Gasteiger partial charge in [0.25, 0.3) is 0 Å². The van der Waals surface area contributed by atoms with Gasteiger partial charge in [-0.2, -0.15) is 0 Å². The Labute approximate surface area is 350 Å². The van der Waals surface area contributed by atoms with Gasteiger partial charge >= 0.3 is 13.8 Å². The minimum atomic E-state index is -4.41. The van der Waals surface area contributed by atoms with Crippen molar-refractivity contribution in [2.45, 2.75) is 238 Å². The Morgan fingerprint density at radius 1 is 0.544 bits per heavy atom. The molecule has 1 amide bonds. The summed E-state index contributed by atoms with van der Waals surface area (Å²) in [5.41, 5.74) is 0. The SMILES string of the molecule is CCCCC/C=C\C/C=C\CCCCCCCCCCCCCCCC(=O)NCCOP(=O)(O)OCC(O)COC(=O)CCCCCCCCCCCCCCC. The molecule has 0 rings (SSSR count). The maximum absolute atomic E-state index is 12.1. The highest BCUT2D eigenvalue weighted by molar-refractivity contribution is 7.47. The number of carbonyl (C=O) groups is 2. The molecular weight excluding hydrogens is 737 g/mol. The molecule has 57 heavy (non-hydrogen) atoms. The molecule has 2 atom stereocenters. The van der Waals surface area contributed by atoms with E-state index in [1.54, 1.807) is 0 Å². The van der Waals surface area contributed by atoms with Crippen LogP contribution in [-0.2, 0) is 27.9 Å². The molecule has 9 nitrogen and oxygen atoms in total. The Kier molecular flexibility index (Phi) is 42.9. The third-order valence-corrected chi connectivity index (χ3v) is 11.4. The molecule has 0 heterocycles. The van der Waals surface area contributed by atoms with Gasteiger partial charge in [0.15, 0.2) is 0 Å². The van der Waals surface area contributed by atoms with Crippen LogP contribution in [0.1, 0.15) is 232 Å². The normalized spacial score (nSPS) is 13.4. The van der Waals surface area contributed by atoms with Crippen LogP contribution >= 0.6 is 7.82 Å². The van der Waals surface area contributed by atoms with Crippen LogP contribution in [0.4, 0.5) is 0 Å². The first-order chi connectivity index (χ1) is 27.8. The molecule has 0 fully saturated rings. The first-order valence-corrected chi connectivity index (χ1v) is 25.3. The fraction of sp³-hybridized carbons (Fsp3) is 0.872. The number of phosphoric ester groups is 1. The van der Waals surface area contributed by atoms with Gasteiger partial charge in [-0.15, -0.1) is 0 Å². The van der Waals surface area contributed by atoms with Crippen LogP contribution in [0, 0.1) is 0 Å². The van der Waals surface area contributed by atoms with Crippen LogP contribution in [0.2, 0.25) is 0 Å². The van der Waals surface area contributed by atoms with E-state index in [0.29, 0.717) is 6.42 Å². The predicted molar refractivity (Wildman–Crippen MR) is 238 cm³/mol. The Balaban J connectivity index is 3.53. The lowest BCUT2D eigenvalue weighted by Gasteiger charge is -2.15. The highest BCUT2D eigenvalue weighted by Crippen LogP contribution is 2.42. The van der Waals surface area contributed by atoms with Crippen LogP contribution in [0.15, 0.2) is 24.3 Å². The molecule has 0 bridgehead atoms. The first kappa shape index (κ1) is 55.5. The molecule has 0 aliphatic carbocycles. The second-order valence-corrected chi connectivity index (χ2v) is 17.5. The van der Waals surface area contributed by atoms with Crippen molar-refractivity contribution in [2.75, 3.05) is 26.4 Å². The van der Waals surface area contributed by atoms with Gasteiger partial charge in [0, 0.05) is 19.4 Å². The summed E-state index contributed by atoms with van der Waals surface area (Å²) in [7, 11) is -4.41. The van der Waals surface area contributed by atoms with Gasteiger partial charge in [-0.25, -0.2) is 4.57 Å². The molecule has 0 saturated heterocycles. The molecule has 0 saturated carbocycles. The zero-order valence-electron chi connectivity index (χ0n) is 37.0. The Bertz CT molecular complexity index is 990. The van der Waals surface area contributed by atoms with Crippen molar-refractivity contribution in [3.05, 3.63) is 24.3 Å². The van der Waals surface area contributed by atoms with E-state index in [-0.39, 0.29) is 32.1 Å². The number of carbonyl (C=O) groups excluding carboxylic acids is 2. The molecule has 0 aliphatic rings. The maximum atomic E-state index is 12.1. The third-order valence-electron chi connectivity index (χ3n) is 10.4. The first-order valence-electron chi connectivity index (χ1n) is 23.8. The molecule has 2 unspecified atom stereocenters. The number of unbranched alkanes of at least 4 members (excludes halogenated alkanes) is 28. The summed E-state index contributed by atoms with van der Waals surface area (Å²) in [6.07, 6.45) is 48.3. The Morgan fingerprint density at radius 3 is 1.44 bits per heavy atom. The summed E-state index contributed by atoms with van der Waals surface area (Å²) in [6.45, 7) is 3.56. The molecule has 336 valence electrons. The van der Waals surface area contributed by atoms with E-state index >= 15 is 0 Å². The Hall–Kier alpha value is -1.51. The highest BCUT2D eigenvalue weighted by atomic mass is 31.2. The van der Waals surface area contributed by atoms with Gasteiger partial charge in [0.1, 0.15) is 12.7 Å². The summed E-state index contributed by atoms with van der Waals surface area (Å²) in [5.74, 6) is -0.509. The number of hydrogen-bond donors (Lipinski definition) is 3. The lowest BCUT2D eigenvalue weighted by Crippen LogP contribution is -2.27. The van der Waals surface area contributed by atoms with Crippen molar-refractivity contribution in [2.24, 2.45) is 0 Å². The minimum Gasteiger partial charge on any atom is -0.463 e. The quantitative estimate of drug-likeness (QED) is 0.0239. The predicted octanol–water partition coefficient (Wildman–Crippen LogP) is 13.6. The molecule has 0 aromatic carbocycles. The zero-order chi connectivity index (χ0) is 41.8. The van der Waals surface area contributed by atoms with Crippen molar-refractivity contribution >= 4 is 19.7 Å².